The van der Waals surface area contributed by atoms with Crippen LogP contribution in [0.3, 0.4) is 0 Å². The van der Waals surface area contributed by atoms with Crippen LogP contribution in [0, 0.1) is 19.3 Å². The van der Waals surface area contributed by atoms with Crippen LogP contribution < -0.4 is 26.0 Å². The zero-order chi connectivity index (χ0) is 66.3. The van der Waals surface area contributed by atoms with Crippen LogP contribution in [0.4, 0.5) is 8.78 Å². The number of hydrogen-bond donors (Lipinski definition) is 6. The Kier molecular flexibility index (Phi) is 31.6. The van der Waals surface area contributed by atoms with E-state index in [4.69, 9.17) is 20.6 Å². The number of nitrogens with one attached hydrogen (secondary N) is 4. The van der Waals surface area contributed by atoms with E-state index in [1.165, 1.54) is 35.8 Å². The highest BCUT2D eigenvalue weighted by molar-refractivity contribution is 7.99. The minimum atomic E-state index is -3.11. The van der Waals surface area contributed by atoms with Crippen LogP contribution in [0.2, 0.25) is 0 Å². The molecule has 1 aromatic heterocycles. The summed E-state index contributed by atoms with van der Waals surface area (Å²) < 4.78 is 44.0. The third kappa shape index (κ3) is 26.0. The van der Waals surface area contributed by atoms with Crippen LogP contribution in [-0.4, -0.2) is 295 Å². The van der Waals surface area contributed by atoms with Crippen LogP contribution in [-0.2, 0) is 54.3 Å². The summed E-state index contributed by atoms with van der Waals surface area (Å²) in [6, 6.07) is 12.7. The summed E-state index contributed by atoms with van der Waals surface area (Å²) in [7, 11) is 0. The summed E-state index contributed by atoms with van der Waals surface area (Å²) in [5.41, 5.74) is 3.04. The van der Waals surface area contributed by atoms with Gasteiger partial charge in [0.25, 0.3) is 30.7 Å². The van der Waals surface area contributed by atoms with Crippen molar-refractivity contribution >= 4 is 88.8 Å². The molecule has 26 nitrogen and oxygen atoms in total. The van der Waals surface area contributed by atoms with Gasteiger partial charge in [-0.05, 0) is 56.0 Å². The Hall–Kier alpha value is -7.24. The number of thioether (sulfide) groups is 2. The molecule has 0 unspecified atom stereocenters. The van der Waals surface area contributed by atoms with Crippen LogP contribution >= 0.6 is 23.5 Å². The monoisotopic (exact) mass is 1320 g/mol. The van der Waals surface area contributed by atoms with Crippen molar-refractivity contribution in [1.82, 2.24) is 60.6 Å². The number of pyridine rings is 1. The normalized spacial score (nSPS) is 17.8. The van der Waals surface area contributed by atoms with E-state index in [1.807, 2.05) is 33.8 Å². The van der Waals surface area contributed by atoms with E-state index in [0.29, 0.717) is 146 Å². The lowest BCUT2D eigenvalue weighted by Crippen LogP contribution is -2.53. The Morgan fingerprint density at radius 1 is 0.772 bits per heavy atom. The predicted octanol–water partition coefficient (Wildman–Crippen LogP) is 0.190. The molecule has 6 rings (SSSR count). The number of ether oxygens (including phenoxy) is 3. The number of benzene rings is 2. The number of aliphatic hydroxyl groups is 1. The number of carbonyl (C=O) groups excluding carboxylic acids is 8. The average molecular weight is 1330 g/mol. The maximum Gasteiger partial charge on any atom is 0.317 e. The Labute approximate surface area is 543 Å². The third-order valence-corrected chi connectivity index (χ3v) is 17.7. The fourth-order valence-electron chi connectivity index (χ4n) is 10.5. The second kappa shape index (κ2) is 39.3. The molecule has 3 atom stereocenters. The molecule has 3 saturated heterocycles. The van der Waals surface area contributed by atoms with E-state index in [1.54, 1.807) is 28.0 Å². The lowest BCUT2D eigenvalue weighted by atomic mass is 10.1. The number of hydrogen-bond acceptors (Lipinski definition) is 21. The van der Waals surface area contributed by atoms with E-state index < -0.39 is 79.1 Å². The van der Waals surface area contributed by atoms with Crippen molar-refractivity contribution in [2.45, 2.75) is 63.1 Å². The molecule has 3 aliphatic heterocycles. The highest BCUT2D eigenvalue weighted by Crippen LogP contribution is 2.32. The molecule has 0 aliphatic carbocycles. The van der Waals surface area contributed by atoms with E-state index in [0.717, 1.165) is 22.4 Å². The number of halogens is 2. The number of alkyl halides is 2. The Morgan fingerprint density at radius 3 is 2.03 bits per heavy atom. The Morgan fingerprint density at radius 2 is 1.39 bits per heavy atom. The van der Waals surface area contributed by atoms with Crippen LogP contribution in [0.25, 0.3) is 10.9 Å². The lowest BCUT2D eigenvalue weighted by molar-refractivity contribution is -0.141. The van der Waals surface area contributed by atoms with E-state index >= 15 is 0 Å². The van der Waals surface area contributed by atoms with Crippen molar-refractivity contribution in [2.24, 2.45) is 0 Å². The number of piperazine rings is 1. The number of carbonyl (C=O) groups is 9. The third-order valence-electron chi connectivity index (χ3n) is 15.6. The van der Waals surface area contributed by atoms with Gasteiger partial charge in [0.2, 0.25) is 23.6 Å². The minimum Gasteiger partial charge on any atom is -0.494 e. The molecular weight excluding hydrogens is 1240 g/mol. The number of aryl methyl sites for hydroxylation is 2. The molecule has 6 N–H and O–H groups in total. The van der Waals surface area contributed by atoms with Crippen molar-refractivity contribution in [3.63, 3.8) is 0 Å². The first-order chi connectivity index (χ1) is 44.3. The quantitative estimate of drug-likeness (QED) is 0.0260. The molecule has 0 spiro atoms. The highest BCUT2D eigenvalue weighted by Gasteiger charge is 2.46. The van der Waals surface area contributed by atoms with Crippen molar-refractivity contribution in [3.8, 4) is 18.1 Å². The molecule has 0 saturated carbocycles. The van der Waals surface area contributed by atoms with Gasteiger partial charge in [0.1, 0.15) is 31.4 Å². The van der Waals surface area contributed by atoms with Crippen LogP contribution in [0.15, 0.2) is 54.7 Å². The number of amides is 6. The molecule has 3 aliphatic rings. The molecule has 0 bridgehead atoms. The molecule has 2 aromatic carbocycles. The molecular formula is C62H86F2N12O14S2. The van der Waals surface area contributed by atoms with E-state index in [-0.39, 0.29) is 69.2 Å². The highest BCUT2D eigenvalue weighted by atomic mass is 32.2. The second-order valence-corrected chi connectivity index (χ2v) is 24.9. The number of terminal acetylenes is 1. The number of aliphatic carboxylic acids is 1. The number of carboxylic acids is 1. The van der Waals surface area contributed by atoms with Gasteiger partial charge in [-0.1, -0.05) is 35.7 Å². The summed E-state index contributed by atoms with van der Waals surface area (Å²) in [6.07, 6.45) is 7.36. The first-order valence-corrected chi connectivity index (χ1v) is 33.0. The summed E-state index contributed by atoms with van der Waals surface area (Å²) in [4.78, 5) is 130. The van der Waals surface area contributed by atoms with Gasteiger partial charge < -0.3 is 55.5 Å². The van der Waals surface area contributed by atoms with Crippen molar-refractivity contribution in [3.05, 3.63) is 71.4 Å². The number of rotatable bonds is 35. The predicted molar refractivity (Wildman–Crippen MR) is 342 cm³/mol. The zero-order valence-electron chi connectivity index (χ0n) is 52.0. The Balaban J connectivity index is 0.932. The van der Waals surface area contributed by atoms with Crippen molar-refractivity contribution in [2.75, 3.05) is 167 Å². The molecule has 4 heterocycles. The molecule has 0 radical (unpaired) electrons. The molecule has 92 heavy (non-hydrogen) atoms. The molecule has 504 valence electrons. The molecule has 3 aromatic rings. The largest absolute Gasteiger partial charge is 0.494 e. The topological polar surface area (TPSA) is 305 Å². The number of fused-ring (bicyclic) bond motifs is 1. The summed E-state index contributed by atoms with van der Waals surface area (Å²) in [5, 5.41) is 32.3. The fourth-order valence-corrected chi connectivity index (χ4v) is 12.2. The summed E-state index contributed by atoms with van der Waals surface area (Å²) >= 11 is 2.66. The van der Waals surface area contributed by atoms with Crippen molar-refractivity contribution < 1.29 is 76.4 Å². The van der Waals surface area contributed by atoms with E-state index in [9.17, 15) is 62.1 Å². The number of aliphatic hydroxyl groups excluding tert-OH is 1. The van der Waals surface area contributed by atoms with E-state index in [2.05, 4.69) is 49.2 Å². The molecule has 3 fully saturated rings. The lowest BCUT2D eigenvalue weighted by Gasteiger charge is -2.35. The standard InChI is InChI=1S/C62H86F2N12O14S2/c1-3-48-35-62(63,64)41-76(48)57(82)36-68-59(85)50-14-15-65-52-13-12-49(34-51(50)52)90-31-5-18-70-27-29-75(30-28-70)61(87)54(79)40-92-33-17-67-60(86)53(39-91-32-16-66-55(80)7-4-6-47-10-8-46(2)9-11-47)69-56(81)37-71-19-20-72(38-58(83)84)22-24-74(43-89-45-78)26-25-73(23-21-71)42-88-44-77/h1,8-15,34,44-45,48,53-54,79H,4-7,16-33,35-43H2,2H3,(H,66,80)(H,67,86)(H,68,85)(H,69,81)(H,83,84)/t48-,53-,54+/m0/s1. The van der Waals surface area contributed by atoms with Gasteiger partial charge in [-0.15, -0.1) is 6.42 Å². The smallest absolute Gasteiger partial charge is 0.317 e. The van der Waals surface area contributed by atoms with Gasteiger partial charge in [0.15, 0.2) is 0 Å². The van der Waals surface area contributed by atoms with Gasteiger partial charge in [-0.25, -0.2) is 8.78 Å². The number of carboxylic acid groups (broad SMARTS) is 1. The summed E-state index contributed by atoms with van der Waals surface area (Å²) in [5.74, 6) is -3.11. The average Bonchev–Trinajstić information content (AvgIpc) is 1.30. The van der Waals surface area contributed by atoms with Gasteiger partial charge in [0, 0.05) is 146 Å². The fraction of sp³-hybridized carbons (Fsp3) is 0.581. The van der Waals surface area contributed by atoms with Gasteiger partial charge >= 0.3 is 5.97 Å². The SMILES string of the molecule is C#C[C@H]1CC(F)(F)CN1C(=O)CNC(=O)c1ccnc2ccc(OCCCN3CCN(C(=O)[C@H](O)CSCCNC(=O)[C@H](CSCCNC(=O)CCCc4ccc(C)cc4)NC(=O)CN4CCN(COC=O)CCN(COC=O)CCN(CC(=O)O)CC4)CC3)cc12. The second-order valence-electron chi connectivity index (χ2n) is 22.6. The molecule has 6 amide bonds. The first kappa shape index (κ1) is 73.8. The number of nitrogens with zero attached hydrogens (tertiary/aromatic N) is 8. The number of likely N-dealkylation sites (tertiary alicyclic amines) is 1. The number of aromatic nitrogens is 1. The maximum absolute atomic E-state index is 14.0. The van der Waals surface area contributed by atoms with Gasteiger partial charge in [-0.2, -0.15) is 23.5 Å². The summed E-state index contributed by atoms with van der Waals surface area (Å²) in [6.45, 7) is 6.99. The van der Waals surface area contributed by atoms with Crippen molar-refractivity contribution in [1.29, 1.82) is 0 Å². The zero-order valence-corrected chi connectivity index (χ0v) is 53.7. The van der Waals surface area contributed by atoms with Crippen LogP contribution in [0.5, 0.6) is 5.75 Å². The Bertz CT molecular complexity index is 2950. The maximum atomic E-state index is 14.0. The van der Waals surface area contributed by atoms with Crippen LogP contribution in [0.1, 0.15) is 47.2 Å². The first-order valence-electron chi connectivity index (χ1n) is 30.7. The molecule has 30 heteroatoms. The van der Waals surface area contributed by atoms with Gasteiger partial charge in [0.05, 0.1) is 49.9 Å². The van der Waals surface area contributed by atoms with Gasteiger partial charge in [-0.3, -0.25) is 72.6 Å². The minimum absolute atomic E-state index is 0.0169.